The molecule has 0 bridgehead atoms. The van der Waals surface area contributed by atoms with Crippen LogP contribution >= 0.6 is 0 Å². The first kappa shape index (κ1) is 18.2. The van der Waals surface area contributed by atoms with Gasteiger partial charge in [0.1, 0.15) is 6.10 Å². The Morgan fingerprint density at radius 3 is 1.89 bits per heavy atom. The predicted octanol–water partition coefficient (Wildman–Crippen LogP) is 5.13. The minimum absolute atomic E-state index is 0.0489. The van der Waals surface area contributed by atoms with Gasteiger partial charge in [-0.3, -0.25) is 0 Å². The van der Waals surface area contributed by atoms with Crippen LogP contribution in [0.1, 0.15) is 74.1 Å². The van der Waals surface area contributed by atoms with Gasteiger partial charge >= 0.3 is 5.97 Å². The van der Waals surface area contributed by atoms with Crippen molar-refractivity contribution < 1.29 is 9.53 Å². The summed E-state index contributed by atoms with van der Waals surface area (Å²) in [6.07, 6.45) is 5.77. The van der Waals surface area contributed by atoms with Crippen molar-refractivity contribution in [3.05, 3.63) is 11.6 Å². The summed E-state index contributed by atoms with van der Waals surface area (Å²) >= 11 is 0. The zero-order valence-electron chi connectivity index (χ0n) is 13.9. The molecule has 0 aliphatic carbocycles. The number of ether oxygens (including phenoxy) is 1. The smallest absolute Gasteiger partial charge is 0.330 e. The van der Waals surface area contributed by atoms with E-state index in [2.05, 4.69) is 27.7 Å². The van der Waals surface area contributed by atoms with E-state index >= 15 is 0 Å². The Morgan fingerprint density at radius 1 is 1.05 bits per heavy atom. The van der Waals surface area contributed by atoms with Crippen molar-refractivity contribution in [1.29, 1.82) is 0 Å². The summed E-state index contributed by atoms with van der Waals surface area (Å²) in [5.74, 6) is 0.412. The molecule has 0 aromatic rings. The Morgan fingerprint density at radius 2 is 1.53 bits per heavy atom. The third-order valence-electron chi connectivity index (χ3n) is 4.55. The van der Waals surface area contributed by atoms with Crippen LogP contribution in [0, 0.1) is 11.3 Å². The minimum Gasteiger partial charge on any atom is -0.459 e. The van der Waals surface area contributed by atoms with Crippen LogP contribution in [0.4, 0.5) is 0 Å². The van der Waals surface area contributed by atoms with Gasteiger partial charge in [-0.1, -0.05) is 60.0 Å². The lowest BCUT2D eigenvalue weighted by atomic mass is 9.71. The number of esters is 1. The van der Waals surface area contributed by atoms with Crippen LogP contribution in [0.25, 0.3) is 0 Å². The molecule has 0 aliphatic heterocycles. The molecular formula is C17H32O2. The van der Waals surface area contributed by atoms with Crippen molar-refractivity contribution in [2.45, 2.75) is 80.3 Å². The van der Waals surface area contributed by atoms with Gasteiger partial charge in [0, 0.05) is 6.08 Å². The second-order valence-electron chi connectivity index (χ2n) is 5.94. The van der Waals surface area contributed by atoms with E-state index < -0.39 is 0 Å². The average molecular weight is 268 g/mol. The monoisotopic (exact) mass is 268 g/mol. The maximum atomic E-state index is 11.9. The number of hydrogen-bond donors (Lipinski definition) is 0. The molecule has 0 N–H and O–H groups in total. The average Bonchev–Trinajstić information content (AvgIpc) is 2.36. The lowest BCUT2D eigenvalue weighted by Crippen LogP contribution is -2.25. The van der Waals surface area contributed by atoms with Crippen LogP contribution in [0.2, 0.25) is 0 Å². The summed E-state index contributed by atoms with van der Waals surface area (Å²) in [4.78, 5) is 11.9. The summed E-state index contributed by atoms with van der Waals surface area (Å²) in [6.45, 7) is 15.0. The molecular weight excluding hydrogens is 236 g/mol. The third-order valence-corrected chi connectivity index (χ3v) is 4.55. The number of carbonyl (C=O) groups excluding carboxylic acids is 1. The van der Waals surface area contributed by atoms with E-state index in [4.69, 9.17) is 4.74 Å². The molecule has 0 fully saturated rings. The Balaban J connectivity index is 4.83. The van der Waals surface area contributed by atoms with Gasteiger partial charge in [0.05, 0.1) is 0 Å². The SMILES string of the molecule is CCC(CC)OC(=O)C=C(C)C(C)(C)C(CC)CC. The van der Waals surface area contributed by atoms with Crippen molar-refractivity contribution in [3.8, 4) is 0 Å². The number of allylic oxidation sites excluding steroid dienone is 1. The van der Waals surface area contributed by atoms with Crippen molar-refractivity contribution in [1.82, 2.24) is 0 Å². The van der Waals surface area contributed by atoms with E-state index in [0.717, 1.165) is 31.3 Å². The first-order valence-electron chi connectivity index (χ1n) is 7.72. The topological polar surface area (TPSA) is 26.3 Å². The maximum absolute atomic E-state index is 11.9. The number of carbonyl (C=O) groups is 1. The van der Waals surface area contributed by atoms with Crippen LogP contribution < -0.4 is 0 Å². The van der Waals surface area contributed by atoms with Crippen molar-refractivity contribution >= 4 is 5.97 Å². The van der Waals surface area contributed by atoms with E-state index in [-0.39, 0.29) is 17.5 Å². The largest absolute Gasteiger partial charge is 0.459 e. The van der Waals surface area contributed by atoms with Crippen LogP contribution in [-0.4, -0.2) is 12.1 Å². The molecule has 112 valence electrons. The first-order chi connectivity index (χ1) is 8.83. The summed E-state index contributed by atoms with van der Waals surface area (Å²) in [5, 5.41) is 0. The Labute approximate surface area is 119 Å². The van der Waals surface area contributed by atoms with Crippen molar-refractivity contribution in [2.75, 3.05) is 0 Å². The molecule has 0 aromatic heterocycles. The van der Waals surface area contributed by atoms with Crippen LogP contribution in [0.5, 0.6) is 0 Å². The summed E-state index contributed by atoms with van der Waals surface area (Å²) in [7, 11) is 0. The fourth-order valence-electron chi connectivity index (χ4n) is 2.65. The highest BCUT2D eigenvalue weighted by Crippen LogP contribution is 2.38. The lowest BCUT2D eigenvalue weighted by molar-refractivity contribution is -0.143. The summed E-state index contributed by atoms with van der Waals surface area (Å²) in [6, 6.07) is 0. The molecule has 2 heteroatoms. The molecule has 0 saturated carbocycles. The highest BCUT2D eigenvalue weighted by atomic mass is 16.5. The number of hydrogen-bond acceptors (Lipinski definition) is 2. The fourth-order valence-corrected chi connectivity index (χ4v) is 2.65. The van der Waals surface area contributed by atoms with E-state index in [1.54, 1.807) is 6.08 Å². The molecule has 0 heterocycles. The van der Waals surface area contributed by atoms with Crippen LogP contribution in [-0.2, 0) is 9.53 Å². The zero-order valence-corrected chi connectivity index (χ0v) is 13.9. The molecule has 0 atom stereocenters. The Bertz CT molecular complexity index is 294. The third kappa shape index (κ3) is 5.38. The van der Waals surface area contributed by atoms with Gasteiger partial charge in [0.25, 0.3) is 0 Å². The second-order valence-corrected chi connectivity index (χ2v) is 5.94. The van der Waals surface area contributed by atoms with Gasteiger partial charge in [-0.15, -0.1) is 0 Å². The molecule has 0 rings (SSSR count). The second kappa shape index (κ2) is 8.39. The molecule has 0 amide bonds. The van der Waals surface area contributed by atoms with Gasteiger partial charge in [-0.05, 0) is 31.1 Å². The van der Waals surface area contributed by atoms with E-state index in [1.807, 2.05) is 20.8 Å². The van der Waals surface area contributed by atoms with E-state index in [0.29, 0.717) is 5.92 Å². The molecule has 0 aliphatic rings. The van der Waals surface area contributed by atoms with Gasteiger partial charge < -0.3 is 4.74 Å². The van der Waals surface area contributed by atoms with Crippen LogP contribution in [0.3, 0.4) is 0 Å². The molecule has 0 saturated heterocycles. The fraction of sp³-hybridized carbons (Fsp3) is 0.824. The minimum atomic E-state index is -0.190. The molecule has 2 nitrogen and oxygen atoms in total. The van der Waals surface area contributed by atoms with E-state index in [9.17, 15) is 4.79 Å². The van der Waals surface area contributed by atoms with Gasteiger partial charge in [-0.2, -0.15) is 0 Å². The van der Waals surface area contributed by atoms with Crippen molar-refractivity contribution in [3.63, 3.8) is 0 Å². The summed E-state index contributed by atoms with van der Waals surface area (Å²) < 4.78 is 5.45. The molecule has 0 unspecified atom stereocenters. The van der Waals surface area contributed by atoms with Crippen molar-refractivity contribution in [2.24, 2.45) is 11.3 Å². The Kier molecular flexibility index (Phi) is 8.05. The van der Waals surface area contributed by atoms with Gasteiger partial charge in [0.15, 0.2) is 0 Å². The normalized spacial score (nSPS) is 13.2. The zero-order chi connectivity index (χ0) is 15.1. The van der Waals surface area contributed by atoms with Gasteiger partial charge in [0.2, 0.25) is 0 Å². The Hall–Kier alpha value is -0.790. The van der Waals surface area contributed by atoms with Crippen LogP contribution in [0.15, 0.2) is 11.6 Å². The number of rotatable bonds is 8. The standard InChI is InChI=1S/C17H32O2/c1-8-14(9-2)17(6,7)13(5)12-16(18)19-15(10-3)11-4/h12,14-15H,8-11H2,1-7H3. The molecule has 0 spiro atoms. The quantitative estimate of drug-likeness (QED) is 0.451. The van der Waals surface area contributed by atoms with Gasteiger partial charge in [-0.25, -0.2) is 4.79 Å². The summed E-state index contributed by atoms with van der Waals surface area (Å²) in [5.41, 5.74) is 1.17. The predicted molar refractivity (Wildman–Crippen MR) is 82.1 cm³/mol. The molecule has 0 aromatic carbocycles. The maximum Gasteiger partial charge on any atom is 0.330 e. The molecule has 0 radical (unpaired) electrons. The highest BCUT2D eigenvalue weighted by Gasteiger charge is 2.29. The van der Waals surface area contributed by atoms with E-state index in [1.165, 1.54) is 0 Å². The highest BCUT2D eigenvalue weighted by molar-refractivity contribution is 5.83. The first-order valence-corrected chi connectivity index (χ1v) is 7.72. The lowest BCUT2D eigenvalue weighted by Gasteiger charge is -2.34. The molecule has 19 heavy (non-hydrogen) atoms.